The Bertz CT molecular complexity index is 215. The highest BCUT2D eigenvalue weighted by atomic mass is 33.6. The molecule has 0 aromatic heterocycles. The van der Waals surface area contributed by atoms with Crippen LogP contribution in [0.15, 0.2) is 0 Å². The standard InChI is InChI=1S/H3NO5S3/c2-7(3)9(1-6-9)8(4)5/h1,7-8H. The molecule has 56 valence electrons. The van der Waals surface area contributed by atoms with Gasteiger partial charge in [-0.15, -0.1) is 0 Å². The van der Waals surface area contributed by atoms with E-state index in [9.17, 15) is 16.8 Å². The van der Waals surface area contributed by atoms with Gasteiger partial charge < -0.3 is 0 Å². The maximum atomic E-state index is 10.0. The summed E-state index contributed by atoms with van der Waals surface area (Å²) in [5.74, 6) is 0. The van der Waals surface area contributed by atoms with Crippen LogP contribution in [0.2, 0.25) is 0 Å². The Morgan fingerprint density at radius 1 is 1.11 bits per heavy atom. The zero-order chi connectivity index (χ0) is 7.07. The summed E-state index contributed by atoms with van der Waals surface area (Å²) in [6.45, 7) is 0. The van der Waals surface area contributed by atoms with Crippen molar-refractivity contribution in [3.8, 4) is 0 Å². The van der Waals surface area contributed by atoms with Crippen molar-refractivity contribution >= 4 is 28.0 Å². The van der Waals surface area contributed by atoms with Gasteiger partial charge in [0.05, 0.1) is 0 Å². The molecule has 1 heterocycles. The largest absolute Gasteiger partial charge is 0.224 e. The molecule has 1 saturated heterocycles. The van der Waals surface area contributed by atoms with Crippen LogP contribution in [0.4, 0.5) is 0 Å². The molecule has 1 aliphatic rings. The van der Waals surface area contributed by atoms with Crippen LogP contribution >= 0.6 is 8.56 Å². The Hall–Kier alpha value is 0.170. The average Bonchev–Trinajstić information content (AvgIpc) is 2.40. The van der Waals surface area contributed by atoms with E-state index in [-0.39, 0.29) is 0 Å². The number of rotatable bonds is 2. The lowest BCUT2D eigenvalue weighted by Gasteiger charge is -1.89. The second-order valence-corrected chi connectivity index (χ2v) is 9.07. The molecule has 9 heavy (non-hydrogen) atoms. The van der Waals surface area contributed by atoms with Crippen LogP contribution in [-0.2, 0) is 23.8 Å². The third-order valence-electron chi connectivity index (χ3n) is 0.637. The van der Waals surface area contributed by atoms with Gasteiger partial charge in [0.1, 0.15) is 0 Å². The zero-order valence-corrected chi connectivity index (χ0v) is 6.45. The van der Waals surface area contributed by atoms with E-state index in [1.165, 1.54) is 0 Å². The van der Waals surface area contributed by atoms with Crippen molar-refractivity contribution < 1.29 is 21.1 Å². The SMILES string of the molecule is O=[SH](=O)S1([SH](=O)=O)NO1. The molecule has 1 N–H and O–H groups in total. The summed E-state index contributed by atoms with van der Waals surface area (Å²) in [6.07, 6.45) is 0. The second-order valence-electron chi connectivity index (χ2n) is 1.11. The van der Waals surface area contributed by atoms with E-state index in [0.717, 1.165) is 0 Å². The van der Waals surface area contributed by atoms with Crippen molar-refractivity contribution in [3.05, 3.63) is 0 Å². The fraction of sp³-hybridized carbons (Fsp3) is 0. The van der Waals surface area contributed by atoms with E-state index in [0.29, 0.717) is 0 Å². The Morgan fingerprint density at radius 2 is 1.44 bits per heavy atom. The minimum Gasteiger partial charge on any atom is -0.218 e. The lowest BCUT2D eigenvalue weighted by atomic mass is 13.6. The van der Waals surface area contributed by atoms with Crippen molar-refractivity contribution in [1.29, 1.82) is 0 Å². The van der Waals surface area contributed by atoms with E-state index >= 15 is 0 Å². The quantitative estimate of drug-likeness (QED) is 0.272. The molecule has 0 saturated carbocycles. The first-order valence-electron chi connectivity index (χ1n) is 1.67. The Balaban J connectivity index is 3.01. The van der Waals surface area contributed by atoms with Crippen LogP contribution in [0.1, 0.15) is 0 Å². The van der Waals surface area contributed by atoms with Crippen molar-refractivity contribution in [2.24, 2.45) is 0 Å². The summed E-state index contributed by atoms with van der Waals surface area (Å²) in [7, 11) is -8.94. The predicted octanol–water partition coefficient (Wildman–Crippen LogP) is -1.79. The summed E-state index contributed by atoms with van der Waals surface area (Å²) < 4.78 is 44.2. The number of nitrogens with one attached hydrogen (secondary N) is 1. The zero-order valence-electron chi connectivity index (χ0n) is 3.84. The van der Waals surface area contributed by atoms with Gasteiger partial charge in [-0.05, 0) is 0 Å². The van der Waals surface area contributed by atoms with Crippen molar-refractivity contribution in [2.45, 2.75) is 0 Å². The summed E-state index contributed by atoms with van der Waals surface area (Å²) >= 11 is 0. The van der Waals surface area contributed by atoms with Crippen molar-refractivity contribution in [3.63, 3.8) is 0 Å². The van der Waals surface area contributed by atoms with Crippen LogP contribution in [-0.4, -0.2) is 16.8 Å². The van der Waals surface area contributed by atoms with Crippen LogP contribution in [0.3, 0.4) is 0 Å². The highest BCUT2D eigenvalue weighted by Gasteiger charge is 2.47. The maximum absolute atomic E-state index is 10.0. The van der Waals surface area contributed by atoms with Gasteiger partial charge in [-0.2, -0.15) is 4.28 Å². The highest BCUT2D eigenvalue weighted by Crippen LogP contribution is 2.58. The van der Waals surface area contributed by atoms with Gasteiger partial charge in [0.25, 0.3) is 0 Å². The third-order valence-corrected chi connectivity index (χ3v) is 7.63. The third kappa shape index (κ3) is 1.05. The Labute approximate surface area is 54.5 Å². The molecule has 0 bridgehead atoms. The molecule has 6 nitrogen and oxygen atoms in total. The van der Waals surface area contributed by atoms with E-state index in [4.69, 9.17) is 0 Å². The monoisotopic (exact) mass is 193 g/mol. The van der Waals surface area contributed by atoms with Crippen LogP contribution in [0.25, 0.3) is 0 Å². The molecule has 1 aliphatic heterocycles. The van der Waals surface area contributed by atoms with Crippen molar-refractivity contribution in [2.75, 3.05) is 0 Å². The van der Waals surface area contributed by atoms with Crippen LogP contribution < -0.4 is 4.89 Å². The molecule has 0 spiro atoms. The normalized spacial score (nSPS) is 26.4. The lowest BCUT2D eigenvalue weighted by molar-refractivity contribution is 0.469. The average molecular weight is 193 g/mol. The molecule has 0 aliphatic carbocycles. The van der Waals surface area contributed by atoms with Gasteiger partial charge in [0.2, 0.25) is 19.5 Å². The number of thiol groups is 2. The minimum atomic E-state index is -3.02. The van der Waals surface area contributed by atoms with Crippen LogP contribution in [0.5, 0.6) is 0 Å². The molecular weight excluding hydrogens is 190 g/mol. The summed E-state index contributed by atoms with van der Waals surface area (Å²) in [5.41, 5.74) is 0. The first-order chi connectivity index (χ1) is 4.09. The van der Waals surface area contributed by atoms with E-state index in [1.54, 1.807) is 0 Å². The summed E-state index contributed by atoms with van der Waals surface area (Å²) in [6, 6.07) is 0. The molecular formula is H3NO5S3. The predicted molar refractivity (Wildman–Crippen MR) is 32.4 cm³/mol. The summed E-state index contributed by atoms with van der Waals surface area (Å²) in [4.78, 5) is 1.84. The molecule has 0 unspecified atom stereocenters. The van der Waals surface area contributed by atoms with E-state index < -0.39 is 28.0 Å². The molecule has 0 radical (unpaired) electrons. The molecule has 0 atom stereocenters. The fourth-order valence-corrected chi connectivity index (χ4v) is 3.39. The lowest BCUT2D eigenvalue weighted by Crippen LogP contribution is -1.87. The van der Waals surface area contributed by atoms with Crippen molar-refractivity contribution in [1.82, 2.24) is 4.89 Å². The number of hydrogen-bond acceptors (Lipinski definition) is 6. The number of hydrogen-bond donors (Lipinski definition) is 3. The van der Waals surface area contributed by atoms with Gasteiger partial charge in [-0.1, -0.05) is 4.89 Å². The molecule has 0 aromatic rings. The van der Waals surface area contributed by atoms with Gasteiger partial charge in [-0.25, -0.2) is 16.8 Å². The van der Waals surface area contributed by atoms with E-state index in [2.05, 4.69) is 4.28 Å². The molecule has 1 fully saturated rings. The van der Waals surface area contributed by atoms with Gasteiger partial charge in [0, 0.05) is 0 Å². The first kappa shape index (κ1) is 7.28. The topological polar surface area (TPSA) is 103 Å². The molecule has 0 aromatic carbocycles. The smallest absolute Gasteiger partial charge is 0.218 e. The highest BCUT2D eigenvalue weighted by molar-refractivity contribution is 9.12. The van der Waals surface area contributed by atoms with Gasteiger partial charge in [-0.3, -0.25) is 0 Å². The molecule has 1 rings (SSSR count). The van der Waals surface area contributed by atoms with Gasteiger partial charge in [0.15, 0.2) is 8.56 Å². The molecule has 0 amide bonds. The van der Waals surface area contributed by atoms with Crippen LogP contribution in [0, 0.1) is 0 Å². The Morgan fingerprint density at radius 3 is 1.44 bits per heavy atom. The van der Waals surface area contributed by atoms with E-state index in [1.807, 2.05) is 4.89 Å². The maximum Gasteiger partial charge on any atom is 0.224 e. The van der Waals surface area contributed by atoms with Gasteiger partial charge >= 0.3 is 0 Å². The Kier molecular flexibility index (Phi) is 1.69. The minimum absolute atomic E-state index is 1.84. The summed E-state index contributed by atoms with van der Waals surface area (Å²) in [5, 5.41) is 0. The second kappa shape index (κ2) is 2.09. The first-order valence-corrected chi connectivity index (χ1v) is 6.79. The molecule has 9 heteroatoms. The fourth-order valence-electron chi connectivity index (χ4n) is 0.207.